The monoisotopic (exact) mass is 314 g/mol. The summed E-state index contributed by atoms with van der Waals surface area (Å²) >= 11 is 0. The minimum absolute atomic E-state index is 0.395. The van der Waals surface area contributed by atoms with Gasteiger partial charge < -0.3 is 14.5 Å². The molecule has 23 heavy (non-hydrogen) atoms. The van der Waals surface area contributed by atoms with Gasteiger partial charge in [0.25, 0.3) is 0 Å². The largest absolute Gasteiger partial charge is 0.496 e. The molecule has 1 saturated heterocycles. The maximum Gasteiger partial charge on any atom is 0.369 e. The van der Waals surface area contributed by atoms with Crippen molar-refractivity contribution in [1.82, 2.24) is 4.90 Å². The average Bonchev–Trinajstić information content (AvgIpc) is 2.90. The molecule has 0 amide bonds. The molecule has 0 atom stereocenters. The molecule has 0 spiro atoms. The van der Waals surface area contributed by atoms with Crippen LogP contribution in [-0.2, 0) is 9.63 Å². The number of hydrogen-bond acceptors (Lipinski definition) is 5. The van der Waals surface area contributed by atoms with Gasteiger partial charge in [0.1, 0.15) is 17.0 Å². The number of methoxy groups -OCH3 is 1. The fourth-order valence-electron chi connectivity index (χ4n) is 3.01. The van der Waals surface area contributed by atoms with Crippen LogP contribution in [0.4, 0.5) is 0 Å². The summed E-state index contributed by atoms with van der Waals surface area (Å²) in [5.41, 5.74) is 1.84. The Bertz CT molecular complexity index is 629. The highest BCUT2D eigenvalue weighted by Gasteiger charge is 2.29. The summed E-state index contributed by atoms with van der Waals surface area (Å²) in [4.78, 5) is 19.3. The van der Waals surface area contributed by atoms with Crippen LogP contribution >= 0.6 is 0 Å². The van der Waals surface area contributed by atoms with Crippen molar-refractivity contribution >= 4 is 11.7 Å². The van der Waals surface area contributed by atoms with Crippen LogP contribution < -0.4 is 4.74 Å². The molecule has 0 N–H and O–H groups in total. The van der Waals surface area contributed by atoms with Crippen LogP contribution in [0.15, 0.2) is 41.2 Å². The van der Waals surface area contributed by atoms with Gasteiger partial charge in [-0.25, -0.2) is 4.79 Å². The molecule has 1 aromatic rings. The number of nitrogens with zero attached hydrogens (tertiary/aromatic N) is 2. The molecular weight excluding hydrogens is 292 g/mol. The van der Waals surface area contributed by atoms with Crippen molar-refractivity contribution < 1.29 is 14.4 Å². The summed E-state index contributed by atoms with van der Waals surface area (Å²) in [5, 5.41) is 3.98. The van der Waals surface area contributed by atoms with E-state index in [1.54, 1.807) is 7.11 Å². The molecular formula is C18H22N2O3. The lowest BCUT2D eigenvalue weighted by molar-refractivity contribution is -0.136. The second-order valence-electron chi connectivity index (χ2n) is 5.87. The van der Waals surface area contributed by atoms with Gasteiger partial charge in [0.2, 0.25) is 0 Å². The van der Waals surface area contributed by atoms with Crippen LogP contribution in [0.25, 0.3) is 0 Å². The topological polar surface area (TPSA) is 51.1 Å². The molecule has 1 aromatic carbocycles. The van der Waals surface area contributed by atoms with Crippen molar-refractivity contribution in [3.05, 3.63) is 41.6 Å². The second kappa shape index (κ2) is 7.31. The molecule has 0 aliphatic carbocycles. The Morgan fingerprint density at radius 3 is 2.57 bits per heavy atom. The van der Waals surface area contributed by atoms with Crippen molar-refractivity contribution in [2.24, 2.45) is 5.16 Å². The first-order valence-electron chi connectivity index (χ1n) is 8.18. The SMILES string of the molecule is COc1ccccc1C1=NOC(=O)C1=CN1CCCCCCC1. The van der Waals surface area contributed by atoms with Crippen LogP contribution in [-0.4, -0.2) is 36.8 Å². The molecule has 5 heteroatoms. The first-order chi connectivity index (χ1) is 11.3. The van der Waals surface area contributed by atoms with E-state index in [4.69, 9.17) is 9.57 Å². The van der Waals surface area contributed by atoms with Crippen molar-refractivity contribution in [3.8, 4) is 5.75 Å². The van der Waals surface area contributed by atoms with Crippen molar-refractivity contribution in [3.63, 3.8) is 0 Å². The molecule has 2 aliphatic heterocycles. The van der Waals surface area contributed by atoms with E-state index in [-0.39, 0.29) is 0 Å². The van der Waals surface area contributed by atoms with E-state index in [2.05, 4.69) is 10.1 Å². The molecule has 0 aromatic heterocycles. The number of ether oxygens (including phenoxy) is 1. The van der Waals surface area contributed by atoms with Gasteiger partial charge in [0.05, 0.1) is 7.11 Å². The Labute approximate surface area is 136 Å². The molecule has 0 radical (unpaired) electrons. The highest BCUT2D eigenvalue weighted by atomic mass is 16.7. The quantitative estimate of drug-likeness (QED) is 0.635. The maximum absolute atomic E-state index is 12.1. The van der Waals surface area contributed by atoms with Gasteiger partial charge in [-0.15, -0.1) is 0 Å². The van der Waals surface area contributed by atoms with E-state index in [9.17, 15) is 4.79 Å². The zero-order valence-electron chi connectivity index (χ0n) is 13.5. The van der Waals surface area contributed by atoms with Crippen LogP contribution in [0.2, 0.25) is 0 Å². The van der Waals surface area contributed by atoms with E-state index in [1.165, 1.54) is 19.3 Å². The van der Waals surface area contributed by atoms with E-state index in [0.29, 0.717) is 17.0 Å². The van der Waals surface area contributed by atoms with Gasteiger partial charge in [-0.3, -0.25) is 0 Å². The Kier molecular flexibility index (Phi) is 4.95. The number of carbonyl (C=O) groups is 1. The average molecular weight is 314 g/mol. The predicted octanol–water partition coefficient (Wildman–Crippen LogP) is 3.11. The molecule has 0 saturated carbocycles. The molecule has 0 unspecified atom stereocenters. The minimum Gasteiger partial charge on any atom is -0.496 e. The first-order valence-corrected chi connectivity index (χ1v) is 8.18. The molecule has 122 valence electrons. The number of hydrogen-bond donors (Lipinski definition) is 0. The fraction of sp³-hybridized carbons (Fsp3) is 0.444. The first kappa shape index (κ1) is 15.6. The highest BCUT2D eigenvalue weighted by Crippen LogP contribution is 2.26. The molecule has 1 fully saturated rings. The van der Waals surface area contributed by atoms with E-state index in [0.717, 1.165) is 31.5 Å². The molecule has 2 heterocycles. The second-order valence-corrected chi connectivity index (χ2v) is 5.87. The Hall–Kier alpha value is -2.30. The van der Waals surface area contributed by atoms with Gasteiger partial charge in [-0.2, -0.15) is 0 Å². The molecule has 0 bridgehead atoms. The number of para-hydroxylation sites is 1. The third-order valence-electron chi connectivity index (χ3n) is 4.26. The summed E-state index contributed by atoms with van der Waals surface area (Å²) in [6.45, 7) is 1.94. The fourth-order valence-corrected chi connectivity index (χ4v) is 3.01. The van der Waals surface area contributed by atoms with Gasteiger partial charge >= 0.3 is 5.97 Å². The van der Waals surface area contributed by atoms with Gasteiger partial charge in [-0.05, 0) is 25.0 Å². The Balaban J connectivity index is 1.88. The number of likely N-dealkylation sites (tertiary alicyclic amines) is 1. The number of benzene rings is 1. The number of carbonyl (C=O) groups excluding carboxylic acids is 1. The zero-order valence-corrected chi connectivity index (χ0v) is 13.5. The number of rotatable bonds is 3. The van der Waals surface area contributed by atoms with Crippen molar-refractivity contribution in [2.45, 2.75) is 32.1 Å². The van der Waals surface area contributed by atoms with Crippen LogP contribution in [0.1, 0.15) is 37.7 Å². The lowest BCUT2D eigenvalue weighted by Crippen LogP contribution is -2.24. The van der Waals surface area contributed by atoms with E-state index in [1.807, 2.05) is 30.5 Å². The highest BCUT2D eigenvalue weighted by molar-refractivity contribution is 6.29. The lowest BCUT2D eigenvalue weighted by Gasteiger charge is -2.23. The standard InChI is InChI=1S/C18H22N2O3/c1-22-16-10-6-5-9-14(16)17-15(18(21)23-19-17)13-20-11-7-3-2-4-8-12-20/h5-6,9-10,13H,2-4,7-8,11-12H2,1H3. The molecule has 5 nitrogen and oxygen atoms in total. The van der Waals surface area contributed by atoms with Crippen LogP contribution in [0, 0.1) is 0 Å². The smallest absolute Gasteiger partial charge is 0.369 e. The summed E-state index contributed by atoms with van der Waals surface area (Å²) in [6.07, 6.45) is 8.02. The van der Waals surface area contributed by atoms with E-state index < -0.39 is 5.97 Å². The van der Waals surface area contributed by atoms with Gasteiger partial charge in [0.15, 0.2) is 0 Å². The van der Waals surface area contributed by atoms with E-state index >= 15 is 0 Å². The zero-order chi connectivity index (χ0) is 16.1. The summed E-state index contributed by atoms with van der Waals surface area (Å²) in [5.74, 6) is 0.288. The summed E-state index contributed by atoms with van der Waals surface area (Å²) in [6, 6.07) is 7.54. The normalized spacial score (nSPS) is 20.7. The lowest BCUT2D eigenvalue weighted by atomic mass is 10.0. The maximum atomic E-state index is 12.1. The Morgan fingerprint density at radius 2 is 1.83 bits per heavy atom. The Morgan fingerprint density at radius 1 is 1.13 bits per heavy atom. The molecule has 2 aliphatic rings. The third kappa shape index (κ3) is 3.55. The van der Waals surface area contributed by atoms with Gasteiger partial charge in [-0.1, -0.05) is 36.6 Å². The predicted molar refractivity (Wildman–Crippen MR) is 88.4 cm³/mol. The third-order valence-corrected chi connectivity index (χ3v) is 4.26. The number of oxime groups is 1. The summed E-state index contributed by atoms with van der Waals surface area (Å²) < 4.78 is 5.38. The summed E-state index contributed by atoms with van der Waals surface area (Å²) in [7, 11) is 1.61. The molecule has 3 rings (SSSR count). The van der Waals surface area contributed by atoms with Crippen LogP contribution in [0.3, 0.4) is 0 Å². The van der Waals surface area contributed by atoms with Crippen molar-refractivity contribution in [1.29, 1.82) is 0 Å². The minimum atomic E-state index is -0.395. The van der Waals surface area contributed by atoms with Gasteiger partial charge in [0, 0.05) is 24.9 Å². The van der Waals surface area contributed by atoms with Crippen molar-refractivity contribution in [2.75, 3.05) is 20.2 Å². The van der Waals surface area contributed by atoms with Crippen LogP contribution in [0.5, 0.6) is 5.75 Å².